The number of amides is 2. The molecule has 2 aliphatic rings. The summed E-state index contributed by atoms with van der Waals surface area (Å²) in [6.45, 7) is 9.96. The van der Waals surface area contributed by atoms with E-state index in [1.807, 2.05) is 40.7 Å². The number of carbonyl (C=O) groups excluding carboxylic acids is 2. The van der Waals surface area contributed by atoms with Gasteiger partial charge in [-0.25, -0.2) is 8.42 Å². The molecule has 11 nitrogen and oxygen atoms in total. The van der Waals surface area contributed by atoms with Gasteiger partial charge in [-0.15, -0.1) is 0 Å². The summed E-state index contributed by atoms with van der Waals surface area (Å²) in [4.78, 5) is 26.8. The van der Waals surface area contributed by atoms with E-state index < -0.39 is 39.5 Å². The van der Waals surface area contributed by atoms with E-state index in [1.165, 1.54) is 16.4 Å². The molecule has 2 amide bonds. The summed E-state index contributed by atoms with van der Waals surface area (Å²) < 4.78 is 39.6. The maximum absolute atomic E-state index is 13.8. The molecular formula is C31H44N4O7S. The number of fused-ring (bicyclic) bond motifs is 1. The molecule has 2 aromatic rings. The lowest BCUT2D eigenvalue weighted by Gasteiger charge is -2.35. The lowest BCUT2D eigenvalue weighted by Crippen LogP contribution is -2.58. The van der Waals surface area contributed by atoms with Crippen LogP contribution < -0.4 is 25.4 Å². The van der Waals surface area contributed by atoms with Crippen molar-refractivity contribution in [3.63, 3.8) is 0 Å². The Bertz CT molecular complexity index is 1370. The van der Waals surface area contributed by atoms with E-state index in [1.54, 1.807) is 30.3 Å². The van der Waals surface area contributed by atoms with Crippen LogP contribution in [0.15, 0.2) is 53.4 Å². The summed E-state index contributed by atoms with van der Waals surface area (Å²) in [5.74, 6) is 0.0302. The topological polar surface area (TPSA) is 146 Å². The van der Waals surface area contributed by atoms with Crippen LogP contribution in [0, 0.1) is 11.3 Å². The van der Waals surface area contributed by atoms with Crippen LogP contribution in [0.2, 0.25) is 0 Å². The zero-order valence-corrected chi connectivity index (χ0v) is 26.3. The molecule has 0 radical (unpaired) electrons. The van der Waals surface area contributed by atoms with Gasteiger partial charge in [-0.1, -0.05) is 65.0 Å². The molecule has 0 saturated carbocycles. The molecule has 0 bridgehead atoms. The van der Waals surface area contributed by atoms with Crippen molar-refractivity contribution in [3.8, 4) is 11.5 Å². The highest BCUT2D eigenvalue weighted by Gasteiger charge is 2.38. The number of aliphatic hydroxyl groups is 1. The highest BCUT2D eigenvalue weighted by molar-refractivity contribution is 7.89. The first-order chi connectivity index (χ1) is 20.3. The first-order valence-electron chi connectivity index (χ1n) is 14.7. The summed E-state index contributed by atoms with van der Waals surface area (Å²) in [6.07, 6.45) is 0.259. The number of ether oxygens (including phenoxy) is 2. The van der Waals surface area contributed by atoms with E-state index in [4.69, 9.17) is 9.47 Å². The van der Waals surface area contributed by atoms with Crippen LogP contribution in [0.1, 0.15) is 59.1 Å². The van der Waals surface area contributed by atoms with Crippen LogP contribution in [0.4, 0.5) is 0 Å². The Hall–Kier alpha value is -3.19. The molecule has 4 rings (SSSR count). The second-order valence-corrected chi connectivity index (χ2v) is 14.6. The molecule has 2 heterocycles. The third kappa shape index (κ3) is 8.05. The number of aliphatic hydroxyl groups excluding tert-OH is 1. The number of nitrogens with zero attached hydrogens (tertiary/aromatic N) is 1. The number of benzene rings is 2. The zero-order valence-electron chi connectivity index (χ0n) is 25.5. The van der Waals surface area contributed by atoms with Crippen molar-refractivity contribution in [2.75, 3.05) is 26.4 Å². The molecule has 43 heavy (non-hydrogen) atoms. The largest absolute Gasteiger partial charge is 0.454 e. The van der Waals surface area contributed by atoms with E-state index in [0.717, 1.165) is 13.0 Å². The van der Waals surface area contributed by atoms with Gasteiger partial charge in [0.05, 0.1) is 23.1 Å². The third-order valence-electron chi connectivity index (χ3n) is 7.57. The smallest absolute Gasteiger partial charge is 0.243 e. The van der Waals surface area contributed by atoms with Gasteiger partial charge in [-0.3, -0.25) is 9.59 Å². The summed E-state index contributed by atoms with van der Waals surface area (Å²) in [6, 6.07) is 11.1. The molecule has 0 spiro atoms. The first kappa shape index (κ1) is 32.7. The van der Waals surface area contributed by atoms with Gasteiger partial charge in [0, 0.05) is 19.2 Å². The molecule has 2 aliphatic heterocycles. The van der Waals surface area contributed by atoms with Gasteiger partial charge in [0.1, 0.15) is 6.04 Å². The Kier molecular flexibility index (Phi) is 10.4. The van der Waals surface area contributed by atoms with Gasteiger partial charge in [0.2, 0.25) is 28.6 Å². The second-order valence-electron chi connectivity index (χ2n) is 12.7. The van der Waals surface area contributed by atoms with Crippen molar-refractivity contribution in [2.24, 2.45) is 11.3 Å². The standard InChI is InChI=1S/C31H44N4O7S/c1-20(2)17-35(43(39,40)22-13-14-25-26(16-22)42-19-41-25)18-24(36)27(21-10-7-6-8-11-21)33-30(38)28(31(3,4)5)34-29(37)23-12-9-15-32-23/h6-8,10-11,13-14,16,20,23-24,27-28,32,36H,9,12,15,17-19H2,1-5H3,(H,33,38)(H,34,37)/t23-,24+,27-,28+/m0/s1. The van der Waals surface area contributed by atoms with Crippen molar-refractivity contribution >= 4 is 21.8 Å². The molecule has 4 N–H and O–H groups in total. The Morgan fingerprint density at radius 3 is 2.37 bits per heavy atom. The second kappa shape index (κ2) is 13.6. The summed E-state index contributed by atoms with van der Waals surface area (Å²) in [5, 5.41) is 20.6. The van der Waals surface area contributed by atoms with Gasteiger partial charge < -0.3 is 30.5 Å². The van der Waals surface area contributed by atoms with Crippen LogP contribution in [-0.2, 0) is 19.6 Å². The zero-order chi connectivity index (χ0) is 31.4. The predicted molar refractivity (Wildman–Crippen MR) is 162 cm³/mol. The summed E-state index contributed by atoms with van der Waals surface area (Å²) in [7, 11) is -4.06. The first-order valence-corrected chi connectivity index (χ1v) is 16.2. The fourth-order valence-electron chi connectivity index (χ4n) is 5.30. The molecular weight excluding hydrogens is 572 g/mol. The van der Waals surface area contributed by atoms with E-state index in [2.05, 4.69) is 16.0 Å². The van der Waals surface area contributed by atoms with Crippen molar-refractivity contribution in [2.45, 2.75) is 76.6 Å². The minimum atomic E-state index is -4.06. The number of hydrogen-bond acceptors (Lipinski definition) is 8. The number of hydrogen-bond donors (Lipinski definition) is 4. The molecule has 236 valence electrons. The average molecular weight is 617 g/mol. The van der Waals surface area contributed by atoms with Crippen molar-refractivity contribution < 1.29 is 32.6 Å². The Balaban J connectivity index is 1.60. The van der Waals surface area contributed by atoms with Crippen LogP contribution in [-0.4, -0.2) is 74.3 Å². The maximum Gasteiger partial charge on any atom is 0.243 e. The highest BCUT2D eigenvalue weighted by Crippen LogP contribution is 2.35. The summed E-state index contributed by atoms with van der Waals surface area (Å²) in [5.41, 5.74) is -0.0403. The van der Waals surface area contributed by atoms with Gasteiger partial charge in [0.25, 0.3) is 0 Å². The quantitative estimate of drug-likeness (QED) is 0.285. The Morgan fingerprint density at radius 1 is 1.05 bits per heavy atom. The number of rotatable bonds is 12. The molecule has 1 fully saturated rings. The van der Waals surface area contributed by atoms with Crippen LogP contribution in [0.3, 0.4) is 0 Å². The molecule has 0 aromatic heterocycles. The van der Waals surface area contributed by atoms with Crippen molar-refractivity contribution in [1.82, 2.24) is 20.3 Å². The van der Waals surface area contributed by atoms with E-state index in [0.29, 0.717) is 23.5 Å². The van der Waals surface area contributed by atoms with E-state index in [-0.39, 0.29) is 42.6 Å². The van der Waals surface area contributed by atoms with Gasteiger partial charge in [-0.05, 0) is 48.4 Å². The van der Waals surface area contributed by atoms with Crippen LogP contribution in [0.25, 0.3) is 0 Å². The number of carbonyl (C=O) groups is 2. The lowest BCUT2D eigenvalue weighted by molar-refractivity contribution is -0.133. The fourth-order valence-corrected chi connectivity index (χ4v) is 6.94. The van der Waals surface area contributed by atoms with Crippen molar-refractivity contribution in [3.05, 3.63) is 54.1 Å². The normalized spacial score (nSPS) is 18.8. The summed E-state index contributed by atoms with van der Waals surface area (Å²) >= 11 is 0. The minimum absolute atomic E-state index is 0.0128. The van der Waals surface area contributed by atoms with Gasteiger partial charge in [-0.2, -0.15) is 4.31 Å². The third-order valence-corrected chi connectivity index (χ3v) is 9.40. The number of sulfonamides is 1. The molecule has 12 heteroatoms. The van der Waals surface area contributed by atoms with E-state index in [9.17, 15) is 23.1 Å². The minimum Gasteiger partial charge on any atom is -0.454 e. The van der Waals surface area contributed by atoms with Crippen molar-refractivity contribution in [1.29, 1.82) is 0 Å². The fraction of sp³-hybridized carbons (Fsp3) is 0.548. The molecule has 1 saturated heterocycles. The van der Waals surface area contributed by atoms with E-state index >= 15 is 0 Å². The Labute approximate surface area is 254 Å². The molecule has 0 unspecified atom stereocenters. The lowest BCUT2D eigenvalue weighted by atomic mass is 9.85. The molecule has 4 atom stereocenters. The maximum atomic E-state index is 13.8. The molecule has 0 aliphatic carbocycles. The van der Waals surface area contributed by atoms with Crippen LogP contribution in [0.5, 0.6) is 11.5 Å². The Morgan fingerprint density at radius 2 is 1.74 bits per heavy atom. The van der Waals surface area contributed by atoms with Crippen LogP contribution >= 0.6 is 0 Å². The SMILES string of the molecule is CC(C)CN(C[C@@H](O)[C@@H](NC(=O)[C@@H](NC(=O)[C@@H]1CCCN1)C(C)(C)C)c1ccccc1)S(=O)(=O)c1ccc2c(c1)OCO2. The molecule has 2 aromatic carbocycles. The highest BCUT2D eigenvalue weighted by atomic mass is 32.2. The average Bonchev–Trinajstić information content (AvgIpc) is 3.66. The number of nitrogens with one attached hydrogen (secondary N) is 3. The predicted octanol–water partition coefficient (Wildman–Crippen LogP) is 2.56. The van der Waals surface area contributed by atoms with Gasteiger partial charge in [0.15, 0.2) is 11.5 Å². The van der Waals surface area contributed by atoms with Gasteiger partial charge >= 0.3 is 0 Å². The monoisotopic (exact) mass is 616 g/mol.